The molecule has 1 rings (SSSR count). The van der Waals surface area contributed by atoms with E-state index in [-0.39, 0.29) is 12.1 Å². The Bertz CT molecular complexity index is 573. The number of methoxy groups -OCH3 is 2. The predicted octanol–water partition coefficient (Wildman–Crippen LogP) is 0.633. The second-order valence-electron chi connectivity index (χ2n) is 4.56. The van der Waals surface area contributed by atoms with E-state index in [1.54, 1.807) is 12.1 Å². The second kappa shape index (κ2) is 9.42. The van der Waals surface area contributed by atoms with E-state index < -0.39 is 24.5 Å². The van der Waals surface area contributed by atoms with Crippen LogP contribution in [0.2, 0.25) is 0 Å². The molecule has 0 saturated carbocycles. The molecule has 0 saturated heterocycles. The maximum Gasteiger partial charge on any atom is 0.338 e. The normalized spacial score (nSPS) is 9.87. The number of esters is 1. The van der Waals surface area contributed by atoms with Gasteiger partial charge in [0.15, 0.2) is 6.61 Å². The Labute approximate surface area is 134 Å². The van der Waals surface area contributed by atoms with Crippen LogP contribution in [0.4, 0.5) is 4.79 Å². The molecule has 0 aliphatic heterocycles. The third kappa shape index (κ3) is 6.35. The molecule has 8 nitrogen and oxygen atoms in total. The molecule has 3 amide bonds. The quantitative estimate of drug-likeness (QED) is 0.563. The summed E-state index contributed by atoms with van der Waals surface area (Å²) in [5, 5.41) is 4.43. The van der Waals surface area contributed by atoms with Crippen molar-refractivity contribution in [1.82, 2.24) is 10.6 Å². The molecule has 23 heavy (non-hydrogen) atoms. The minimum absolute atomic E-state index is 0.254. The van der Waals surface area contributed by atoms with E-state index in [2.05, 4.69) is 5.32 Å². The molecule has 0 radical (unpaired) electrons. The zero-order valence-corrected chi connectivity index (χ0v) is 13.3. The molecule has 0 aromatic heterocycles. The number of urea groups is 1. The third-order valence-corrected chi connectivity index (χ3v) is 2.82. The van der Waals surface area contributed by atoms with E-state index >= 15 is 0 Å². The molecule has 2 N–H and O–H groups in total. The van der Waals surface area contributed by atoms with Crippen LogP contribution in [-0.2, 0) is 14.3 Å². The smallest absolute Gasteiger partial charge is 0.338 e. The molecule has 0 heterocycles. The molecule has 0 atom stereocenters. The van der Waals surface area contributed by atoms with Gasteiger partial charge in [0, 0.05) is 13.7 Å². The maximum atomic E-state index is 11.9. The number of hydrogen-bond acceptors (Lipinski definition) is 6. The average Bonchev–Trinajstić information content (AvgIpc) is 2.53. The fourth-order valence-corrected chi connectivity index (χ4v) is 1.63. The summed E-state index contributed by atoms with van der Waals surface area (Å²) in [7, 11) is 2.98. The summed E-state index contributed by atoms with van der Waals surface area (Å²) in [5.74, 6) is -0.869. The Morgan fingerprint density at radius 1 is 1.17 bits per heavy atom. The van der Waals surface area contributed by atoms with Crippen molar-refractivity contribution >= 4 is 17.9 Å². The van der Waals surface area contributed by atoms with Crippen LogP contribution in [0, 0.1) is 6.92 Å². The van der Waals surface area contributed by atoms with Crippen molar-refractivity contribution in [3.05, 3.63) is 29.3 Å². The predicted molar refractivity (Wildman–Crippen MR) is 81.4 cm³/mol. The Hall–Kier alpha value is -2.61. The minimum atomic E-state index is -0.729. The topological polar surface area (TPSA) is 103 Å². The molecule has 1 aromatic carbocycles. The minimum Gasteiger partial charge on any atom is -0.496 e. The van der Waals surface area contributed by atoms with Gasteiger partial charge >= 0.3 is 12.0 Å². The first-order valence-corrected chi connectivity index (χ1v) is 6.86. The Kier molecular flexibility index (Phi) is 7.55. The van der Waals surface area contributed by atoms with Gasteiger partial charge < -0.3 is 19.5 Å². The molecular formula is C15H20N2O6. The van der Waals surface area contributed by atoms with E-state index in [0.717, 1.165) is 5.56 Å². The average molecular weight is 324 g/mol. The van der Waals surface area contributed by atoms with Gasteiger partial charge in [0.05, 0.1) is 19.3 Å². The number of carbonyl (C=O) groups excluding carboxylic acids is 3. The molecule has 0 aliphatic carbocycles. The van der Waals surface area contributed by atoms with Gasteiger partial charge in [-0.15, -0.1) is 0 Å². The van der Waals surface area contributed by atoms with Gasteiger partial charge in [-0.05, 0) is 24.6 Å². The van der Waals surface area contributed by atoms with E-state index in [0.29, 0.717) is 12.4 Å². The lowest BCUT2D eigenvalue weighted by Gasteiger charge is -2.09. The lowest BCUT2D eigenvalue weighted by atomic mass is 10.1. The van der Waals surface area contributed by atoms with Crippen LogP contribution in [0.15, 0.2) is 18.2 Å². The molecule has 0 bridgehead atoms. The standard InChI is InChI=1S/C15H20N2O6/c1-10-4-5-11(8-12(10)22-3)14(19)23-9-13(18)17-15(20)16-6-7-21-2/h4-5,8H,6-7,9H2,1-3H3,(H2,16,17,18,20). The molecule has 8 heteroatoms. The van der Waals surface area contributed by atoms with Gasteiger partial charge in [0.1, 0.15) is 5.75 Å². The van der Waals surface area contributed by atoms with E-state index in [9.17, 15) is 14.4 Å². The number of rotatable bonds is 7. The van der Waals surface area contributed by atoms with Crippen LogP contribution >= 0.6 is 0 Å². The van der Waals surface area contributed by atoms with Crippen molar-refractivity contribution in [3.8, 4) is 5.75 Å². The first-order chi connectivity index (χ1) is 11.0. The number of ether oxygens (including phenoxy) is 3. The SMILES string of the molecule is COCCNC(=O)NC(=O)COC(=O)c1ccc(C)c(OC)c1. The van der Waals surface area contributed by atoms with Crippen molar-refractivity contribution in [3.63, 3.8) is 0 Å². The van der Waals surface area contributed by atoms with Crippen molar-refractivity contribution in [2.45, 2.75) is 6.92 Å². The highest BCUT2D eigenvalue weighted by atomic mass is 16.5. The fraction of sp³-hybridized carbons (Fsp3) is 0.400. The second-order valence-corrected chi connectivity index (χ2v) is 4.56. The molecule has 0 spiro atoms. The zero-order chi connectivity index (χ0) is 17.2. The summed E-state index contributed by atoms with van der Waals surface area (Å²) in [6.07, 6.45) is 0. The molecule has 0 unspecified atom stereocenters. The van der Waals surface area contributed by atoms with E-state index in [1.807, 2.05) is 12.2 Å². The number of aryl methyl sites for hydroxylation is 1. The monoisotopic (exact) mass is 324 g/mol. The number of amides is 3. The van der Waals surface area contributed by atoms with Crippen molar-refractivity contribution in [1.29, 1.82) is 0 Å². The summed E-state index contributed by atoms with van der Waals surface area (Å²) in [4.78, 5) is 34.7. The zero-order valence-electron chi connectivity index (χ0n) is 13.3. The van der Waals surface area contributed by atoms with E-state index in [4.69, 9.17) is 14.2 Å². The molecule has 126 valence electrons. The van der Waals surface area contributed by atoms with Crippen molar-refractivity contribution in [2.24, 2.45) is 0 Å². The number of benzene rings is 1. The molecular weight excluding hydrogens is 304 g/mol. The number of hydrogen-bond donors (Lipinski definition) is 2. The molecule has 0 aliphatic rings. The highest BCUT2D eigenvalue weighted by Crippen LogP contribution is 2.19. The Balaban J connectivity index is 2.43. The van der Waals surface area contributed by atoms with Crippen molar-refractivity contribution in [2.75, 3.05) is 34.0 Å². The summed E-state index contributed by atoms with van der Waals surface area (Å²) in [6, 6.07) is 4.11. The largest absolute Gasteiger partial charge is 0.496 e. The number of imide groups is 1. The Morgan fingerprint density at radius 3 is 2.57 bits per heavy atom. The first-order valence-electron chi connectivity index (χ1n) is 6.86. The van der Waals surface area contributed by atoms with Crippen LogP contribution in [0.25, 0.3) is 0 Å². The van der Waals surface area contributed by atoms with Crippen LogP contribution in [0.1, 0.15) is 15.9 Å². The van der Waals surface area contributed by atoms with E-state index in [1.165, 1.54) is 20.3 Å². The lowest BCUT2D eigenvalue weighted by molar-refractivity contribution is -0.123. The molecule has 1 aromatic rings. The summed E-state index contributed by atoms with van der Waals surface area (Å²) >= 11 is 0. The first kappa shape index (κ1) is 18.4. The van der Waals surface area contributed by atoms with Crippen LogP contribution in [-0.4, -0.2) is 51.9 Å². The highest BCUT2D eigenvalue weighted by molar-refractivity contribution is 5.97. The van der Waals surface area contributed by atoms with Gasteiger partial charge in [-0.25, -0.2) is 9.59 Å². The summed E-state index contributed by atoms with van der Waals surface area (Å²) in [5.41, 5.74) is 1.12. The van der Waals surface area contributed by atoms with Gasteiger partial charge in [-0.1, -0.05) is 6.07 Å². The lowest BCUT2D eigenvalue weighted by Crippen LogP contribution is -2.42. The van der Waals surface area contributed by atoms with Gasteiger partial charge in [-0.2, -0.15) is 0 Å². The van der Waals surface area contributed by atoms with Crippen LogP contribution < -0.4 is 15.4 Å². The van der Waals surface area contributed by atoms with Crippen LogP contribution in [0.3, 0.4) is 0 Å². The summed E-state index contributed by atoms with van der Waals surface area (Å²) in [6.45, 7) is 1.86. The van der Waals surface area contributed by atoms with Crippen molar-refractivity contribution < 1.29 is 28.6 Å². The van der Waals surface area contributed by atoms with Crippen LogP contribution in [0.5, 0.6) is 5.75 Å². The van der Waals surface area contributed by atoms with Gasteiger partial charge in [0.2, 0.25) is 0 Å². The number of nitrogens with one attached hydrogen (secondary N) is 2. The molecule has 0 fully saturated rings. The third-order valence-electron chi connectivity index (χ3n) is 2.82. The highest BCUT2D eigenvalue weighted by Gasteiger charge is 2.13. The maximum absolute atomic E-state index is 11.9. The Morgan fingerprint density at radius 2 is 1.91 bits per heavy atom. The van der Waals surface area contributed by atoms with Gasteiger partial charge in [0.25, 0.3) is 5.91 Å². The number of carbonyl (C=O) groups is 3. The fourth-order valence-electron chi connectivity index (χ4n) is 1.63. The summed E-state index contributed by atoms with van der Waals surface area (Å²) < 4.78 is 14.7. The van der Waals surface area contributed by atoms with Gasteiger partial charge in [-0.3, -0.25) is 10.1 Å².